The van der Waals surface area contributed by atoms with Crippen LogP contribution >= 0.6 is 16.1 Å². The molecule has 0 N–H and O–H groups in total. The van der Waals surface area contributed by atoms with Gasteiger partial charge in [0.25, 0.3) is 0 Å². The average molecular weight is 211 g/mol. The molecule has 1 heterocycles. The predicted molar refractivity (Wildman–Crippen MR) is 48.8 cm³/mol. The van der Waals surface area contributed by atoms with Gasteiger partial charge in [0.1, 0.15) is 0 Å². The van der Waals surface area contributed by atoms with Crippen molar-refractivity contribution < 1.29 is 0 Å². The summed E-state index contributed by atoms with van der Waals surface area (Å²) >= 11 is 3.31. The van der Waals surface area contributed by atoms with Gasteiger partial charge in [0.05, 0.1) is 27.9 Å². The minimum absolute atomic E-state index is 1.12. The molecule has 0 amide bonds. The predicted octanol–water partition coefficient (Wildman–Crippen LogP) is 2.50. The highest BCUT2D eigenvalue weighted by Gasteiger charge is 2.00. The second-order valence-corrected chi connectivity index (χ2v) is 3.18. The lowest BCUT2D eigenvalue weighted by atomic mass is 10.2. The van der Waals surface area contributed by atoms with Crippen molar-refractivity contribution in [1.29, 1.82) is 0 Å². The molecule has 0 aliphatic heterocycles. The maximum absolute atomic E-state index is 4.09. The normalized spacial score (nSPS) is 10.7. The van der Waals surface area contributed by atoms with Crippen LogP contribution in [-0.2, 0) is 0 Å². The van der Waals surface area contributed by atoms with Gasteiger partial charge in [-0.2, -0.15) is 8.81 Å². The van der Waals surface area contributed by atoms with E-state index in [1.807, 2.05) is 18.3 Å². The number of hydrogen-bond acceptors (Lipinski definition) is 1. The Balaban J connectivity index is 2.94. The molecule has 0 spiro atoms. The van der Waals surface area contributed by atoms with Gasteiger partial charge in [-0.3, -0.25) is 0 Å². The molecule has 2 nitrogen and oxygen atoms in total. The fourth-order valence-corrected chi connectivity index (χ4v) is 1.57. The largest absolute Gasteiger partial charge is 0.197 e. The Kier molecular flexibility index (Phi) is 1.46. The average Bonchev–Trinajstić information content (AvgIpc) is 2.35. The van der Waals surface area contributed by atoms with Gasteiger partial charge in [0.2, 0.25) is 0 Å². The first-order valence-corrected chi connectivity index (χ1v) is 4.09. The van der Waals surface area contributed by atoms with Crippen molar-refractivity contribution in [3.05, 3.63) is 30.0 Å². The standard InChI is InChI=1S/C8H7BrN2/c1-6-3-2-4-8-7(6)5-10-11(8)9/h2-5H,1H3. The fraction of sp³-hybridized carbons (Fsp3) is 0.125. The van der Waals surface area contributed by atoms with Gasteiger partial charge in [-0.1, -0.05) is 12.1 Å². The Morgan fingerprint density at radius 3 is 3.00 bits per heavy atom. The Hall–Kier alpha value is -0.830. The molecule has 0 unspecified atom stereocenters. The maximum atomic E-state index is 4.09. The van der Waals surface area contributed by atoms with Crippen LogP contribution in [0.25, 0.3) is 10.9 Å². The number of halogens is 1. The van der Waals surface area contributed by atoms with Crippen LogP contribution in [0.2, 0.25) is 0 Å². The summed E-state index contributed by atoms with van der Waals surface area (Å²) in [7, 11) is 0. The molecule has 0 saturated heterocycles. The molecule has 1 aromatic heterocycles. The van der Waals surface area contributed by atoms with Crippen molar-refractivity contribution in [1.82, 2.24) is 8.81 Å². The van der Waals surface area contributed by atoms with Gasteiger partial charge in [-0.15, -0.1) is 0 Å². The monoisotopic (exact) mass is 210 g/mol. The van der Waals surface area contributed by atoms with Crippen LogP contribution in [0.4, 0.5) is 0 Å². The molecule has 0 radical (unpaired) electrons. The minimum atomic E-state index is 1.12. The number of aromatic nitrogens is 2. The lowest BCUT2D eigenvalue weighted by molar-refractivity contribution is 1.06. The van der Waals surface area contributed by atoms with Crippen LogP contribution in [0.1, 0.15) is 5.56 Å². The number of aryl methyl sites for hydroxylation is 1. The van der Waals surface area contributed by atoms with Crippen LogP contribution in [0.15, 0.2) is 24.4 Å². The first kappa shape index (κ1) is 6.85. The van der Waals surface area contributed by atoms with Crippen LogP contribution in [0, 0.1) is 6.92 Å². The third kappa shape index (κ3) is 0.959. The molecule has 0 aliphatic rings. The molecular formula is C8H7BrN2. The van der Waals surface area contributed by atoms with Crippen LogP contribution in [0.3, 0.4) is 0 Å². The molecule has 1 aromatic carbocycles. The van der Waals surface area contributed by atoms with Crippen LogP contribution < -0.4 is 0 Å². The van der Waals surface area contributed by atoms with Crippen molar-refractivity contribution in [2.45, 2.75) is 6.92 Å². The molecule has 2 aromatic rings. The molecule has 0 saturated carbocycles. The van der Waals surface area contributed by atoms with Crippen LogP contribution in [-0.4, -0.2) is 8.81 Å². The van der Waals surface area contributed by atoms with Crippen molar-refractivity contribution in [2.24, 2.45) is 0 Å². The molecule has 56 valence electrons. The van der Waals surface area contributed by atoms with Crippen molar-refractivity contribution >= 4 is 27.1 Å². The van der Waals surface area contributed by atoms with E-state index in [0.29, 0.717) is 0 Å². The molecule has 11 heavy (non-hydrogen) atoms. The molecule has 0 bridgehead atoms. The summed E-state index contributed by atoms with van der Waals surface area (Å²) in [6.45, 7) is 2.08. The van der Waals surface area contributed by atoms with E-state index in [2.05, 4.69) is 34.2 Å². The third-order valence-electron chi connectivity index (χ3n) is 1.79. The van der Waals surface area contributed by atoms with Crippen molar-refractivity contribution in [3.8, 4) is 0 Å². The van der Waals surface area contributed by atoms with E-state index in [-0.39, 0.29) is 0 Å². The number of fused-ring (bicyclic) bond motifs is 1. The summed E-state index contributed by atoms with van der Waals surface area (Å²) < 4.78 is 1.70. The minimum Gasteiger partial charge on any atom is -0.197 e. The molecule has 0 fully saturated rings. The van der Waals surface area contributed by atoms with E-state index < -0.39 is 0 Å². The molecule has 2 rings (SSSR count). The lowest BCUT2D eigenvalue weighted by Crippen LogP contribution is -1.79. The Morgan fingerprint density at radius 2 is 2.27 bits per heavy atom. The summed E-state index contributed by atoms with van der Waals surface area (Å²) in [5.41, 5.74) is 2.37. The summed E-state index contributed by atoms with van der Waals surface area (Å²) in [5, 5.41) is 5.29. The highest BCUT2D eigenvalue weighted by atomic mass is 79.9. The maximum Gasteiger partial charge on any atom is 0.0815 e. The number of nitrogens with zero attached hydrogens (tertiary/aromatic N) is 2. The first-order chi connectivity index (χ1) is 5.29. The lowest BCUT2D eigenvalue weighted by Gasteiger charge is -1.93. The smallest absolute Gasteiger partial charge is 0.0815 e. The summed E-state index contributed by atoms with van der Waals surface area (Å²) in [5.74, 6) is 0. The highest BCUT2D eigenvalue weighted by molar-refractivity contribution is 9.08. The van der Waals surface area contributed by atoms with Gasteiger partial charge in [-0.05, 0) is 18.6 Å². The van der Waals surface area contributed by atoms with Gasteiger partial charge in [0.15, 0.2) is 0 Å². The Bertz CT molecular complexity index is 392. The van der Waals surface area contributed by atoms with Crippen molar-refractivity contribution in [2.75, 3.05) is 0 Å². The van der Waals surface area contributed by atoms with Gasteiger partial charge in [-0.25, -0.2) is 0 Å². The topological polar surface area (TPSA) is 17.8 Å². The second kappa shape index (κ2) is 2.34. The zero-order chi connectivity index (χ0) is 7.84. The Morgan fingerprint density at radius 1 is 1.45 bits per heavy atom. The zero-order valence-corrected chi connectivity index (χ0v) is 7.67. The van der Waals surface area contributed by atoms with E-state index in [4.69, 9.17) is 0 Å². The van der Waals surface area contributed by atoms with E-state index in [0.717, 1.165) is 5.52 Å². The zero-order valence-electron chi connectivity index (χ0n) is 6.08. The van der Waals surface area contributed by atoms with E-state index in [1.165, 1.54) is 10.9 Å². The summed E-state index contributed by atoms with van der Waals surface area (Å²) in [4.78, 5) is 0. The summed E-state index contributed by atoms with van der Waals surface area (Å²) in [6, 6.07) is 6.14. The number of benzene rings is 1. The second-order valence-electron chi connectivity index (χ2n) is 2.51. The van der Waals surface area contributed by atoms with Gasteiger partial charge >= 0.3 is 0 Å². The van der Waals surface area contributed by atoms with Gasteiger partial charge in [0, 0.05) is 5.39 Å². The first-order valence-electron chi connectivity index (χ1n) is 3.38. The Labute approximate surface area is 73.2 Å². The van der Waals surface area contributed by atoms with E-state index >= 15 is 0 Å². The third-order valence-corrected chi connectivity index (χ3v) is 2.35. The van der Waals surface area contributed by atoms with Crippen molar-refractivity contribution in [3.63, 3.8) is 0 Å². The quantitative estimate of drug-likeness (QED) is 0.654. The SMILES string of the molecule is Cc1cccc2c1cnn2Br. The van der Waals surface area contributed by atoms with Gasteiger partial charge < -0.3 is 0 Å². The molecule has 3 heteroatoms. The molecule has 0 atom stereocenters. The summed E-state index contributed by atoms with van der Waals surface area (Å²) in [6.07, 6.45) is 1.86. The molecule has 0 aliphatic carbocycles. The number of rotatable bonds is 0. The fourth-order valence-electron chi connectivity index (χ4n) is 1.16. The molecular weight excluding hydrogens is 204 g/mol. The van der Waals surface area contributed by atoms with E-state index in [1.54, 1.807) is 3.71 Å². The van der Waals surface area contributed by atoms with Crippen LogP contribution in [0.5, 0.6) is 0 Å². The highest BCUT2D eigenvalue weighted by Crippen LogP contribution is 2.18. The number of hydrogen-bond donors (Lipinski definition) is 0. The van der Waals surface area contributed by atoms with E-state index in [9.17, 15) is 0 Å².